The number of alkyl halides is 1. The smallest absolute Gasteiger partial charge is 0.220 e. The highest BCUT2D eigenvalue weighted by atomic mass is 19.1. The fourth-order valence-corrected chi connectivity index (χ4v) is 8.26. The van der Waals surface area contributed by atoms with Crippen LogP contribution in [0.3, 0.4) is 0 Å². The first-order valence-corrected chi connectivity index (χ1v) is 12.3. The van der Waals surface area contributed by atoms with Gasteiger partial charge in [0, 0.05) is 11.0 Å². The maximum atomic E-state index is 12.9. The third-order valence-electron chi connectivity index (χ3n) is 9.96. The molecule has 3 saturated carbocycles. The highest BCUT2D eigenvalue weighted by Crippen LogP contribution is 2.69. The van der Waals surface area contributed by atoms with Gasteiger partial charge in [-0.05, 0) is 85.3 Å². The quantitative estimate of drug-likeness (QED) is 0.486. The van der Waals surface area contributed by atoms with E-state index in [0.29, 0.717) is 11.2 Å². The highest BCUT2D eigenvalue weighted by Gasteiger charge is 2.59. The Balaban J connectivity index is 1.57. The molecule has 0 aromatic rings. The summed E-state index contributed by atoms with van der Waals surface area (Å²) in [7, 11) is 0. The average molecular weight is 425 g/mol. The summed E-state index contributed by atoms with van der Waals surface area (Å²) >= 11 is 0. The normalized spacial score (nSPS) is 41.8. The minimum Gasteiger partial charge on any atom is -0.486 e. The molecule has 3 fully saturated rings. The van der Waals surface area contributed by atoms with E-state index >= 15 is 0 Å². The van der Waals surface area contributed by atoms with Crippen molar-refractivity contribution < 1.29 is 13.9 Å². The molecule has 0 aromatic heterocycles. The molecule has 3 heteroatoms. The highest BCUT2D eigenvalue weighted by molar-refractivity contribution is 6.07. The Hall–Kier alpha value is -1.64. The molecular weight excluding hydrogens is 387 g/mol. The van der Waals surface area contributed by atoms with E-state index in [9.17, 15) is 9.18 Å². The van der Waals surface area contributed by atoms with Crippen molar-refractivity contribution in [3.63, 3.8) is 0 Å². The summed E-state index contributed by atoms with van der Waals surface area (Å²) in [6.45, 7) is 8.76. The zero-order valence-electron chi connectivity index (χ0n) is 19.7. The number of carbonyl (C=O) groups is 1. The molecule has 0 amide bonds. The monoisotopic (exact) mass is 424 g/mol. The van der Waals surface area contributed by atoms with Crippen LogP contribution in [0.2, 0.25) is 0 Å². The van der Waals surface area contributed by atoms with Gasteiger partial charge in [-0.2, -0.15) is 0 Å². The van der Waals surface area contributed by atoms with Crippen LogP contribution in [0.5, 0.6) is 0 Å². The Morgan fingerprint density at radius 2 is 1.84 bits per heavy atom. The number of fused-ring (bicyclic) bond motifs is 7. The van der Waals surface area contributed by atoms with E-state index in [4.69, 9.17) is 4.74 Å². The van der Waals surface area contributed by atoms with E-state index in [1.165, 1.54) is 44.9 Å². The molecule has 0 heterocycles. The molecule has 5 rings (SSSR count). The van der Waals surface area contributed by atoms with Gasteiger partial charge < -0.3 is 4.74 Å². The molecule has 5 atom stereocenters. The van der Waals surface area contributed by atoms with Crippen molar-refractivity contribution in [2.75, 3.05) is 13.3 Å². The topological polar surface area (TPSA) is 26.3 Å². The van der Waals surface area contributed by atoms with E-state index in [1.54, 1.807) is 11.6 Å². The Kier molecular flexibility index (Phi) is 4.92. The molecule has 5 unspecified atom stereocenters. The lowest BCUT2D eigenvalue weighted by atomic mass is 9.41. The third-order valence-corrected chi connectivity index (χ3v) is 9.96. The van der Waals surface area contributed by atoms with Crippen LogP contribution < -0.4 is 0 Å². The van der Waals surface area contributed by atoms with Crippen molar-refractivity contribution in [3.05, 3.63) is 46.3 Å². The minimum atomic E-state index is -0.582. The molecule has 0 aromatic carbocycles. The van der Waals surface area contributed by atoms with Gasteiger partial charge in [-0.1, -0.05) is 51.3 Å². The summed E-state index contributed by atoms with van der Waals surface area (Å²) < 4.78 is 18.2. The van der Waals surface area contributed by atoms with Crippen LogP contribution in [0.1, 0.15) is 79.1 Å². The number of ether oxygens (including phenoxy) is 1. The van der Waals surface area contributed by atoms with Crippen molar-refractivity contribution in [2.45, 2.75) is 79.1 Å². The van der Waals surface area contributed by atoms with Gasteiger partial charge in [0.25, 0.3) is 0 Å². The number of halogens is 1. The first kappa shape index (κ1) is 21.2. The first-order chi connectivity index (χ1) is 14.7. The second-order valence-corrected chi connectivity index (χ2v) is 11.5. The predicted molar refractivity (Wildman–Crippen MR) is 122 cm³/mol. The maximum Gasteiger partial charge on any atom is 0.220 e. The molecular formula is C28H37FO2. The number of hydrogen-bond acceptors (Lipinski definition) is 2. The number of rotatable bonds is 3. The van der Waals surface area contributed by atoms with Crippen LogP contribution in [-0.4, -0.2) is 19.1 Å². The van der Waals surface area contributed by atoms with Crippen LogP contribution >= 0.6 is 0 Å². The Labute approximate surface area is 186 Å². The van der Waals surface area contributed by atoms with Crippen LogP contribution in [0, 0.1) is 28.1 Å². The van der Waals surface area contributed by atoms with E-state index in [0.717, 1.165) is 35.0 Å². The lowest BCUT2D eigenvalue weighted by Gasteiger charge is -2.63. The largest absolute Gasteiger partial charge is 0.486 e. The van der Waals surface area contributed by atoms with Gasteiger partial charge in [-0.15, -0.1) is 0 Å². The van der Waals surface area contributed by atoms with E-state index in [1.807, 2.05) is 6.92 Å². The summed E-state index contributed by atoms with van der Waals surface area (Å²) in [4.78, 5) is 12.9. The molecule has 5 aliphatic carbocycles. The molecule has 0 bridgehead atoms. The lowest BCUT2D eigenvalue weighted by Crippen LogP contribution is -2.54. The van der Waals surface area contributed by atoms with E-state index in [2.05, 4.69) is 32.9 Å². The second-order valence-electron chi connectivity index (χ2n) is 11.5. The Morgan fingerprint density at radius 3 is 2.61 bits per heavy atom. The molecule has 168 valence electrons. The fourth-order valence-electron chi connectivity index (χ4n) is 8.26. The van der Waals surface area contributed by atoms with Crippen molar-refractivity contribution >= 4 is 5.78 Å². The van der Waals surface area contributed by atoms with Crippen LogP contribution in [0.15, 0.2) is 46.3 Å². The van der Waals surface area contributed by atoms with Crippen molar-refractivity contribution in [1.82, 2.24) is 0 Å². The van der Waals surface area contributed by atoms with Gasteiger partial charge >= 0.3 is 0 Å². The fraction of sp³-hybridized carbons (Fsp3) is 0.679. The van der Waals surface area contributed by atoms with Gasteiger partial charge in [0.05, 0.1) is 0 Å². The van der Waals surface area contributed by atoms with Crippen molar-refractivity contribution in [1.29, 1.82) is 0 Å². The summed E-state index contributed by atoms with van der Waals surface area (Å²) in [5.74, 6) is 1.81. The summed E-state index contributed by atoms with van der Waals surface area (Å²) in [6, 6.07) is 0. The summed E-state index contributed by atoms with van der Waals surface area (Å²) in [5, 5.41) is 0. The molecule has 0 radical (unpaired) electrons. The number of allylic oxidation sites excluding steroid dienone is 7. The average Bonchev–Trinajstić information content (AvgIpc) is 2.74. The van der Waals surface area contributed by atoms with Gasteiger partial charge in [0.15, 0.2) is 5.76 Å². The standard InChI is InChI=1S/C28H37FO2/c1-18-19-8-9-24-27(3,22(19)17-23(30)25(18)31-16-15-29)12-10-21-20-7-5-6-11-26(20,2)13-14-28(21,24)4/h8-9,17,20-21H,5-7,10-16H2,1-4H3. The molecule has 0 spiro atoms. The second kappa shape index (κ2) is 7.18. The van der Waals surface area contributed by atoms with Gasteiger partial charge in [-0.3, -0.25) is 4.79 Å². The lowest BCUT2D eigenvalue weighted by molar-refractivity contribution is -0.115. The van der Waals surface area contributed by atoms with Crippen molar-refractivity contribution in [2.24, 2.45) is 28.1 Å². The van der Waals surface area contributed by atoms with E-state index in [-0.39, 0.29) is 23.2 Å². The molecule has 0 N–H and O–H groups in total. The minimum absolute atomic E-state index is 0.0624. The van der Waals surface area contributed by atoms with Crippen LogP contribution in [0.4, 0.5) is 4.39 Å². The van der Waals surface area contributed by atoms with Gasteiger partial charge in [0.2, 0.25) is 5.78 Å². The molecule has 5 aliphatic rings. The molecule has 0 aliphatic heterocycles. The number of hydrogen-bond donors (Lipinski definition) is 0. The zero-order valence-corrected chi connectivity index (χ0v) is 19.7. The van der Waals surface area contributed by atoms with Crippen LogP contribution in [0.25, 0.3) is 0 Å². The Bertz CT molecular complexity index is 937. The first-order valence-electron chi connectivity index (χ1n) is 12.3. The third kappa shape index (κ3) is 2.91. The number of carbonyl (C=O) groups excluding carboxylic acids is 1. The van der Waals surface area contributed by atoms with Crippen molar-refractivity contribution in [3.8, 4) is 0 Å². The summed E-state index contributed by atoms with van der Waals surface area (Å²) in [6.07, 6.45) is 16.9. The number of ketones is 1. The molecule has 31 heavy (non-hydrogen) atoms. The SMILES string of the molecule is CC1=C(OCCF)C(=O)C=C2C1=CC=C1C2(C)CCC2C3CCCCC3(C)CCC12C. The predicted octanol–water partition coefficient (Wildman–Crippen LogP) is 7.03. The zero-order chi connectivity index (χ0) is 22.0. The molecule has 2 nitrogen and oxygen atoms in total. The summed E-state index contributed by atoms with van der Waals surface area (Å²) in [5.41, 5.74) is 5.32. The maximum absolute atomic E-state index is 12.9. The van der Waals surface area contributed by atoms with Gasteiger partial charge in [0.1, 0.15) is 13.3 Å². The molecule has 0 saturated heterocycles. The Morgan fingerprint density at radius 1 is 1.03 bits per heavy atom. The van der Waals surface area contributed by atoms with Crippen LogP contribution in [-0.2, 0) is 9.53 Å². The van der Waals surface area contributed by atoms with E-state index < -0.39 is 6.67 Å². The van der Waals surface area contributed by atoms with Gasteiger partial charge in [-0.25, -0.2) is 4.39 Å².